The van der Waals surface area contributed by atoms with Gasteiger partial charge in [0.2, 0.25) is 0 Å². The van der Waals surface area contributed by atoms with Gasteiger partial charge in [-0.05, 0) is 124 Å². The van der Waals surface area contributed by atoms with E-state index in [1.807, 2.05) is 0 Å². The molecule has 0 unspecified atom stereocenters. The van der Waals surface area contributed by atoms with Crippen LogP contribution < -0.4 is 0 Å². The maximum absolute atomic E-state index is 5.54. The third-order valence-electron chi connectivity index (χ3n) is 9.25. The Morgan fingerprint density at radius 2 is 0.617 bits per heavy atom. The zero-order chi connectivity index (χ0) is 33.2. The number of aryl methyl sites for hydroxylation is 4. The molecule has 2 aromatic rings. The van der Waals surface area contributed by atoms with Crippen molar-refractivity contribution in [2.75, 3.05) is 0 Å². The summed E-state index contributed by atoms with van der Waals surface area (Å²) in [5.41, 5.74) is 10.7. The molecule has 0 aliphatic rings. The fraction of sp³-hybridized carbons (Fsp3) is 0.682. The Balaban J connectivity index is 0.0000110. The average molecular weight is 688 g/mol. The van der Waals surface area contributed by atoms with Crippen molar-refractivity contribution in [2.24, 2.45) is 9.98 Å². The van der Waals surface area contributed by atoms with Gasteiger partial charge in [-0.25, -0.2) is 0 Å². The summed E-state index contributed by atoms with van der Waals surface area (Å²) in [5.74, 6) is 0. The molecular formula is C44H72N2Ni. The summed E-state index contributed by atoms with van der Waals surface area (Å²) in [7, 11) is 0. The third kappa shape index (κ3) is 19.2. The molecule has 2 rings (SSSR count). The minimum atomic E-state index is 0. The van der Waals surface area contributed by atoms with E-state index in [1.54, 1.807) is 0 Å². The van der Waals surface area contributed by atoms with E-state index >= 15 is 0 Å². The predicted molar refractivity (Wildman–Crippen MR) is 208 cm³/mol. The molecule has 0 fully saturated rings. The van der Waals surface area contributed by atoms with Crippen LogP contribution in [0.5, 0.6) is 0 Å². The van der Waals surface area contributed by atoms with E-state index in [2.05, 4.69) is 77.9 Å². The van der Waals surface area contributed by atoms with E-state index in [9.17, 15) is 0 Å². The first-order valence-corrected chi connectivity index (χ1v) is 20.0. The van der Waals surface area contributed by atoms with Crippen LogP contribution in [0, 0.1) is 0 Å². The Morgan fingerprint density at radius 1 is 0.362 bits per heavy atom. The fourth-order valence-corrected chi connectivity index (χ4v) is 6.44. The first-order chi connectivity index (χ1) is 22.6. The molecule has 0 bridgehead atoms. The molecule has 0 saturated heterocycles. The smallest absolute Gasteiger partial charge is 0.0639 e. The molecule has 0 aliphatic heterocycles. The standard InChI is InChI=1S/C44H72N2.Ni/c1-7-13-19-25-37-31-38(26-20-14-8-2)34-41(33-37)45-43(29-23-17-11-5)44(30-24-18-12-6)46-42-35-39(27-21-15-9-3)32-40(36-42)28-22-16-10-4;/h31-36H,7-30H2,1-6H3;. The van der Waals surface area contributed by atoms with Crippen molar-refractivity contribution in [3.8, 4) is 0 Å². The second-order valence-electron chi connectivity index (χ2n) is 13.9. The maximum Gasteiger partial charge on any atom is 0.0639 e. The van der Waals surface area contributed by atoms with Gasteiger partial charge in [-0.1, -0.05) is 131 Å². The quantitative estimate of drug-likeness (QED) is 0.0507. The second kappa shape index (κ2) is 28.1. The molecule has 0 aliphatic carbocycles. The summed E-state index contributed by atoms with van der Waals surface area (Å²) < 4.78 is 0. The molecule has 3 heteroatoms. The van der Waals surface area contributed by atoms with Crippen molar-refractivity contribution in [3.63, 3.8) is 0 Å². The first-order valence-electron chi connectivity index (χ1n) is 20.0. The van der Waals surface area contributed by atoms with Gasteiger partial charge in [0.15, 0.2) is 0 Å². The number of rotatable bonds is 27. The van der Waals surface area contributed by atoms with Crippen molar-refractivity contribution >= 4 is 22.8 Å². The van der Waals surface area contributed by atoms with Gasteiger partial charge in [-0.3, -0.25) is 9.98 Å². The summed E-state index contributed by atoms with van der Waals surface area (Å²) in [6.45, 7) is 13.8. The molecule has 0 amide bonds. The zero-order valence-corrected chi connectivity index (χ0v) is 32.6. The largest absolute Gasteiger partial charge is 0.252 e. The topological polar surface area (TPSA) is 24.7 Å². The molecule has 0 N–H and O–H groups in total. The molecule has 0 radical (unpaired) electrons. The summed E-state index contributed by atoms with van der Waals surface area (Å²) in [5, 5.41) is 0. The molecule has 47 heavy (non-hydrogen) atoms. The number of unbranched alkanes of at least 4 members (excludes halogenated alkanes) is 12. The first kappa shape index (κ1) is 43.3. The Morgan fingerprint density at radius 3 is 0.872 bits per heavy atom. The van der Waals surface area contributed by atoms with E-state index in [0.29, 0.717) is 0 Å². The number of hydrogen-bond acceptors (Lipinski definition) is 2. The number of nitrogens with zero attached hydrogens (tertiary/aromatic N) is 2. The number of aliphatic imine (C=N–C) groups is 2. The van der Waals surface area contributed by atoms with E-state index in [-0.39, 0.29) is 16.5 Å². The summed E-state index contributed by atoms with van der Waals surface area (Å²) in [6.07, 6.45) is 29.3. The van der Waals surface area contributed by atoms with Crippen molar-refractivity contribution in [2.45, 2.75) is 196 Å². The van der Waals surface area contributed by atoms with Gasteiger partial charge in [0.25, 0.3) is 0 Å². The molecule has 0 heterocycles. The summed E-state index contributed by atoms with van der Waals surface area (Å²) >= 11 is 0. The van der Waals surface area contributed by atoms with Crippen molar-refractivity contribution in [3.05, 3.63) is 58.7 Å². The summed E-state index contributed by atoms with van der Waals surface area (Å²) in [4.78, 5) is 11.1. The van der Waals surface area contributed by atoms with E-state index in [0.717, 1.165) is 49.9 Å². The van der Waals surface area contributed by atoms with Crippen LogP contribution in [0.2, 0.25) is 0 Å². The monoisotopic (exact) mass is 687 g/mol. The van der Waals surface area contributed by atoms with Crippen molar-refractivity contribution < 1.29 is 16.5 Å². The van der Waals surface area contributed by atoms with Crippen LogP contribution in [0.15, 0.2) is 46.4 Å². The van der Waals surface area contributed by atoms with E-state index in [1.165, 1.54) is 149 Å². The molecule has 0 aromatic heterocycles. The van der Waals surface area contributed by atoms with Gasteiger partial charge in [0.05, 0.1) is 22.8 Å². The van der Waals surface area contributed by atoms with Crippen LogP contribution in [-0.2, 0) is 42.2 Å². The Hall–Kier alpha value is -1.73. The molecule has 0 spiro atoms. The zero-order valence-electron chi connectivity index (χ0n) is 31.6. The van der Waals surface area contributed by atoms with Crippen LogP contribution in [-0.4, -0.2) is 11.4 Å². The third-order valence-corrected chi connectivity index (χ3v) is 9.25. The van der Waals surface area contributed by atoms with Crippen LogP contribution >= 0.6 is 0 Å². The van der Waals surface area contributed by atoms with Gasteiger partial charge in [-0.15, -0.1) is 0 Å². The van der Waals surface area contributed by atoms with Crippen molar-refractivity contribution in [1.82, 2.24) is 0 Å². The molecule has 0 saturated carbocycles. The van der Waals surface area contributed by atoms with Gasteiger partial charge in [0.1, 0.15) is 0 Å². The van der Waals surface area contributed by atoms with Gasteiger partial charge >= 0.3 is 0 Å². The molecule has 2 nitrogen and oxygen atoms in total. The minimum absolute atomic E-state index is 0. The van der Waals surface area contributed by atoms with Gasteiger partial charge < -0.3 is 0 Å². The van der Waals surface area contributed by atoms with Crippen LogP contribution in [0.4, 0.5) is 11.4 Å². The van der Waals surface area contributed by atoms with E-state index in [4.69, 9.17) is 9.98 Å². The Bertz CT molecular complexity index is 986. The Kier molecular flexibility index (Phi) is 25.9. The molecule has 2 aromatic carbocycles. The number of hydrogen-bond donors (Lipinski definition) is 0. The fourth-order valence-electron chi connectivity index (χ4n) is 6.44. The van der Waals surface area contributed by atoms with Crippen LogP contribution in [0.1, 0.15) is 192 Å². The molecule has 0 atom stereocenters. The Labute approximate surface area is 302 Å². The van der Waals surface area contributed by atoms with Crippen LogP contribution in [0.3, 0.4) is 0 Å². The van der Waals surface area contributed by atoms with Crippen molar-refractivity contribution in [1.29, 1.82) is 0 Å². The molecule has 268 valence electrons. The second-order valence-corrected chi connectivity index (χ2v) is 13.9. The van der Waals surface area contributed by atoms with E-state index < -0.39 is 0 Å². The maximum atomic E-state index is 5.54. The van der Waals surface area contributed by atoms with Gasteiger partial charge in [0, 0.05) is 16.5 Å². The normalized spacial score (nSPS) is 12.0. The average Bonchev–Trinajstić information content (AvgIpc) is 3.04. The minimum Gasteiger partial charge on any atom is -0.252 e. The van der Waals surface area contributed by atoms with Crippen LogP contribution in [0.25, 0.3) is 0 Å². The SMILES string of the molecule is CCCCCC(=Nc1cc(CCCCC)cc(CCCCC)c1)C(CCCCC)=Nc1cc(CCCCC)cc(CCCCC)c1.[Ni]. The van der Waals surface area contributed by atoms with Gasteiger partial charge in [-0.2, -0.15) is 0 Å². The predicted octanol–water partition coefficient (Wildman–Crippen LogP) is 14.6. The number of benzene rings is 2. The molecular weight excluding hydrogens is 615 g/mol. The summed E-state index contributed by atoms with van der Waals surface area (Å²) in [6, 6.07) is 14.5.